The molecule has 1 N–H and O–H groups in total. The highest BCUT2D eigenvalue weighted by atomic mass is 32.2. The SMILES string of the molecule is O=C(Cc1cnccn1)C[N+]12CCC(CC1)[C@@H](OC(=O)C1(c3ccccc3)CCCCCC1)C2.O=S(=O)([O-])c1ccc2ccccc2c1O. The molecule has 0 unspecified atom stereocenters. The fourth-order valence-corrected chi connectivity index (χ4v) is 8.60. The van der Waals surface area contributed by atoms with Gasteiger partial charge in [0.05, 0.1) is 35.5 Å². The van der Waals surface area contributed by atoms with Crippen molar-refractivity contribution in [1.82, 2.24) is 9.97 Å². The number of hydrogen-bond acceptors (Lipinski definition) is 9. The standard InChI is InChI=1S/C28H36N3O3.C10H8O4S/c32-25(18-24-19-29-14-15-30-24)20-31-16-10-22(11-17-31)26(21-31)34-27(33)28(12-6-1-2-7-13-28)23-8-4-3-5-9-23;11-10-8-4-2-1-3-7(8)5-6-9(10)15(12,13)14/h3-5,8-9,14-15,19,22,26H,1-2,6-7,10-13,16-18,20-21H2;1-6,11H,(H,12,13,14)/q+1;/p-1/t22?,26-,31?;/m0./s1. The molecule has 0 spiro atoms. The summed E-state index contributed by atoms with van der Waals surface area (Å²) in [5.41, 5.74) is 1.29. The van der Waals surface area contributed by atoms with Crippen molar-refractivity contribution in [2.24, 2.45) is 5.92 Å². The largest absolute Gasteiger partial charge is 0.744 e. The molecule has 0 radical (unpaired) electrons. The van der Waals surface area contributed by atoms with Gasteiger partial charge >= 0.3 is 5.97 Å². The molecule has 258 valence electrons. The third kappa shape index (κ3) is 7.84. The van der Waals surface area contributed by atoms with Crippen molar-refractivity contribution in [3.63, 3.8) is 0 Å². The lowest BCUT2D eigenvalue weighted by Crippen LogP contribution is -2.66. The van der Waals surface area contributed by atoms with E-state index < -0.39 is 26.2 Å². The summed E-state index contributed by atoms with van der Waals surface area (Å²) in [4.78, 5) is 34.6. The Labute approximate surface area is 287 Å². The van der Waals surface area contributed by atoms with Crippen LogP contribution in [-0.2, 0) is 36.3 Å². The Morgan fingerprint density at radius 3 is 2.29 bits per heavy atom. The molecular weight excluding hydrogens is 642 g/mol. The number of phenolic OH excluding ortho intramolecular Hbond substituents is 1. The summed E-state index contributed by atoms with van der Waals surface area (Å²) in [6.45, 7) is 3.23. The molecule has 1 aliphatic carbocycles. The van der Waals surface area contributed by atoms with Crippen LogP contribution in [0.4, 0.5) is 0 Å². The van der Waals surface area contributed by atoms with Gasteiger partial charge < -0.3 is 18.9 Å². The zero-order valence-corrected chi connectivity index (χ0v) is 28.4. The molecule has 4 heterocycles. The maximum absolute atomic E-state index is 13.9. The van der Waals surface area contributed by atoms with E-state index in [-0.39, 0.29) is 17.9 Å². The Kier molecular flexibility index (Phi) is 10.4. The van der Waals surface area contributed by atoms with E-state index in [0.717, 1.165) is 80.0 Å². The first-order chi connectivity index (χ1) is 23.6. The summed E-state index contributed by atoms with van der Waals surface area (Å²) in [6.07, 6.45) is 13.4. The molecule has 8 rings (SSSR count). The lowest BCUT2D eigenvalue weighted by Gasteiger charge is -2.52. The number of aromatic nitrogens is 2. The Morgan fingerprint density at radius 1 is 0.918 bits per heavy atom. The summed E-state index contributed by atoms with van der Waals surface area (Å²) in [5, 5.41) is 10.6. The van der Waals surface area contributed by atoms with Gasteiger partial charge in [0.25, 0.3) is 0 Å². The molecule has 4 aliphatic rings. The smallest absolute Gasteiger partial charge is 0.317 e. The number of benzene rings is 3. The fraction of sp³-hybridized carbons (Fsp3) is 0.421. The average molecular weight is 686 g/mol. The van der Waals surface area contributed by atoms with E-state index in [1.807, 2.05) is 18.2 Å². The summed E-state index contributed by atoms with van der Waals surface area (Å²) in [7, 11) is -4.62. The van der Waals surface area contributed by atoms with E-state index in [2.05, 4.69) is 22.1 Å². The maximum atomic E-state index is 13.9. The highest BCUT2D eigenvalue weighted by Gasteiger charge is 2.51. The van der Waals surface area contributed by atoms with Gasteiger partial charge in [-0.3, -0.25) is 19.6 Å². The predicted molar refractivity (Wildman–Crippen MR) is 182 cm³/mol. The lowest BCUT2D eigenvalue weighted by atomic mass is 9.74. The van der Waals surface area contributed by atoms with Gasteiger partial charge in [-0.25, -0.2) is 8.42 Å². The molecular formula is C38H43N3O7S. The second kappa shape index (κ2) is 14.7. The van der Waals surface area contributed by atoms with Crippen molar-refractivity contribution < 1.29 is 36.9 Å². The van der Waals surface area contributed by atoms with Crippen LogP contribution >= 0.6 is 0 Å². The van der Waals surface area contributed by atoms with Gasteiger partial charge in [0, 0.05) is 42.7 Å². The molecule has 4 aromatic rings. The maximum Gasteiger partial charge on any atom is 0.317 e. The van der Waals surface area contributed by atoms with E-state index in [0.29, 0.717) is 29.7 Å². The zero-order valence-electron chi connectivity index (χ0n) is 27.6. The van der Waals surface area contributed by atoms with Crippen LogP contribution in [-0.4, -0.2) is 76.6 Å². The van der Waals surface area contributed by atoms with Gasteiger partial charge in [-0.2, -0.15) is 0 Å². The first kappa shape index (κ1) is 34.7. The zero-order chi connectivity index (χ0) is 34.5. The molecule has 49 heavy (non-hydrogen) atoms. The second-order valence-corrected chi connectivity index (χ2v) is 15.1. The van der Waals surface area contributed by atoms with Crippen molar-refractivity contribution in [3.8, 4) is 5.75 Å². The minimum absolute atomic E-state index is 0.0385. The predicted octanol–water partition coefficient (Wildman–Crippen LogP) is 5.48. The molecule has 3 saturated heterocycles. The molecule has 3 aliphatic heterocycles. The van der Waals surface area contributed by atoms with E-state index in [4.69, 9.17) is 4.74 Å². The van der Waals surface area contributed by atoms with Crippen LogP contribution < -0.4 is 0 Å². The summed E-state index contributed by atoms with van der Waals surface area (Å²) in [6, 6.07) is 19.6. The molecule has 4 fully saturated rings. The monoisotopic (exact) mass is 685 g/mol. The number of carbonyl (C=O) groups is 2. The molecule has 2 bridgehead atoms. The number of piperidine rings is 3. The van der Waals surface area contributed by atoms with E-state index in [1.165, 1.54) is 18.9 Å². The van der Waals surface area contributed by atoms with Crippen molar-refractivity contribution in [1.29, 1.82) is 0 Å². The first-order valence-corrected chi connectivity index (χ1v) is 18.5. The fourth-order valence-electron chi connectivity index (χ4n) is 8.02. The van der Waals surface area contributed by atoms with E-state index in [1.54, 1.807) is 42.9 Å². The van der Waals surface area contributed by atoms with E-state index >= 15 is 0 Å². The quantitative estimate of drug-likeness (QED) is 0.110. The van der Waals surface area contributed by atoms with Gasteiger partial charge in [-0.05, 0) is 29.9 Å². The normalized spacial score (nSPS) is 23.1. The highest BCUT2D eigenvalue weighted by Crippen LogP contribution is 2.42. The molecule has 10 nitrogen and oxygen atoms in total. The summed E-state index contributed by atoms with van der Waals surface area (Å²) >= 11 is 0. The number of rotatable bonds is 8. The first-order valence-electron chi connectivity index (χ1n) is 17.1. The molecule has 0 amide bonds. The number of hydrogen-bond donors (Lipinski definition) is 1. The minimum Gasteiger partial charge on any atom is -0.744 e. The van der Waals surface area contributed by atoms with Crippen LogP contribution in [0.15, 0.2) is 90.2 Å². The molecule has 1 saturated carbocycles. The topological polar surface area (TPSA) is 147 Å². The number of carbonyl (C=O) groups excluding carboxylic acids is 2. The second-order valence-electron chi connectivity index (χ2n) is 13.8. The van der Waals surface area contributed by atoms with Crippen molar-refractivity contribution >= 4 is 32.6 Å². The lowest BCUT2D eigenvalue weighted by molar-refractivity contribution is -0.939. The molecule has 1 atom stereocenters. The van der Waals surface area contributed by atoms with Crippen LogP contribution in [0.3, 0.4) is 0 Å². The number of nitrogens with zero attached hydrogens (tertiary/aromatic N) is 3. The number of esters is 1. The minimum atomic E-state index is -4.62. The Bertz CT molecular complexity index is 1870. The van der Waals surface area contributed by atoms with Crippen molar-refractivity contribution in [3.05, 3.63) is 96.6 Å². The Hall–Kier alpha value is -4.19. The average Bonchev–Trinajstić information content (AvgIpc) is 3.37. The summed E-state index contributed by atoms with van der Waals surface area (Å²) < 4.78 is 39.5. The van der Waals surface area contributed by atoms with Crippen molar-refractivity contribution in [2.75, 3.05) is 26.2 Å². The summed E-state index contributed by atoms with van der Waals surface area (Å²) in [5.74, 6) is 0.0829. The van der Waals surface area contributed by atoms with Crippen LogP contribution in [0.1, 0.15) is 62.6 Å². The third-order valence-electron chi connectivity index (χ3n) is 10.6. The Balaban J connectivity index is 0.000000232. The van der Waals surface area contributed by atoms with Crippen LogP contribution in [0, 0.1) is 5.92 Å². The molecule has 11 heteroatoms. The number of fused-ring (bicyclic) bond motifs is 4. The van der Waals surface area contributed by atoms with Crippen molar-refractivity contribution in [2.45, 2.75) is 74.2 Å². The number of aromatic hydroxyl groups is 1. The number of Topliss-reactive ketones (excluding diaryl/α,β-unsaturated/α-hetero) is 1. The Morgan fingerprint density at radius 2 is 1.61 bits per heavy atom. The van der Waals surface area contributed by atoms with Crippen LogP contribution in [0.2, 0.25) is 0 Å². The highest BCUT2D eigenvalue weighted by molar-refractivity contribution is 7.85. The van der Waals surface area contributed by atoms with Crippen LogP contribution in [0.5, 0.6) is 5.75 Å². The van der Waals surface area contributed by atoms with Gasteiger partial charge in [-0.15, -0.1) is 0 Å². The van der Waals surface area contributed by atoms with E-state index in [9.17, 15) is 27.7 Å². The van der Waals surface area contributed by atoms with Gasteiger partial charge in [0.2, 0.25) is 0 Å². The number of quaternary nitrogens is 1. The molecule has 1 aromatic heterocycles. The van der Waals surface area contributed by atoms with Crippen LogP contribution in [0.25, 0.3) is 10.8 Å². The van der Waals surface area contributed by atoms with Gasteiger partial charge in [0.15, 0.2) is 11.9 Å². The number of ether oxygens (including phenoxy) is 1. The number of ketones is 1. The third-order valence-corrected chi connectivity index (χ3v) is 11.5. The number of phenols is 1. The molecule has 3 aromatic carbocycles. The van der Waals surface area contributed by atoms with Gasteiger partial charge in [0.1, 0.15) is 29.0 Å². The van der Waals surface area contributed by atoms with Gasteiger partial charge in [-0.1, -0.05) is 86.3 Å².